The molecule has 2 unspecified atom stereocenters. The maximum atomic E-state index is 14.1. The standard InChI is InChI=1S/C24H38N2O5S/c1-6-13-26(23(3,4)5)21(29)19-24-12-11-16(32-24)17(22(30)31-7-2)18(24)20(28)25(19)14-9-8-10-15-27/h6,16-19,27H,1,7-15H2,2-5H3/t16-,17+,18+,19?,24?/m1/s1. The minimum atomic E-state index is -0.595. The number of thioether (sulfide) groups is 1. The highest BCUT2D eigenvalue weighted by Gasteiger charge is 2.74. The summed E-state index contributed by atoms with van der Waals surface area (Å²) in [5.74, 6) is -1.46. The Labute approximate surface area is 195 Å². The molecule has 1 spiro atoms. The van der Waals surface area contributed by atoms with E-state index in [4.69, 9.17) is 9.84 Å². The number of fused-ring (bicyclic) bond motifs is 1. The SMILES string of the molecule is C=CCN(C(=O)C1N(CCCCCO)C(=O)[C@@H]2[C@@H](C(=O)OCC)[C@H]3CCC12S3)C(C)(C)C. The molecule has 7 nitrogen and oxygen atoms in total. The Morgan fingerprint density at radius 2 is 2.06 bits per heavy atom. The number of amides is 2. The van der Waals surface area contributed by atoms with E-state index in [0.29, 0.717) is 25.9 Å². The van der Waals surface area contributed by atoms with E-state index in [2.05, 4.69) is 6.58 Å². The molecular formula is C24H38N2O5S. The number of carbonyl (C=O) groups is 3. The number of likely N-dealkylation sites (tertiary alicyclic amines) is 1. The van der Waals surface area contributed by atoms with Gasteiger partial charge in [-0.1, -0.05) is 6.08 Å². The molecule has 2 amide bonds. The first-order valence-electron chi connectivity index (χ1n) is 11.8. The van der Waals surface area contributed by atoms with Crippen molar-refractivity contribution in [2.24, 2.45) is 11.8 Å². The predicted molar refractivity (Wildman–Crippen MR) is 125 cm³/mol. The van der Waals surface area contributed by atoms with Crippen LogP contribution in [0.3, 0.4) is 0 Å². The quantitative estimate of drug-likeness (QED) is 0.303. The van der Waals surface area contributed by atoms with Crippen LogP contribution in [0.25, 0.3) is 0 Å². The summed E-state index contributed by atoms with van der Waals surface area (Å²) in [6.45, 7) is 12.8. The van der Waals surface area contributed by atoms with Crippen molar-refractivity contribution < 1.29 is 24.2 Å². The van der Waals surface area contributed by atoms with E-state index in [0.717, 1.165) is 19.3 Å². The van der Waals surface area contributed by atoms with Crippen molar-refractivity contribution in [3.8, 4) is 0 Å². The molecule has 3 rings (SSSR count). The van der Waals surface area contributed by atoms with Crippen LogP contribution in [0.5, 0.6) is 0 Å². The summed E-state index contributed by atoms with van der Waals surface area (Å²) >= 11 is 1.67. The van der Waals surface area contributed by atoms with Gasteiger partial charge in [0, 0.05) is 30.5 Å². The number of esters is 1. The van der Waals surface area contributed by atoms with Crippen LogP contribution in [-0.2, 0) is 19.1 Å². The van der Waals surface area contributed by atoms with E-state index < -0.39 is 28.2 Å². The average molecular weight is 467 g/mol. The van der Waals surface area contributed by atoms with Gasteiger partial charge in [-0.05, 0) is 59.8 Å². The molecule has 3 heterocycles. The minimum Gasteiger partial charge on any atom is -0.466 e. The second-order valence-corrected chi connectivity index (χ2v) is 11.6. The number of hydrogen-bond donors (Lipinski definition) is 1. The second kappa shape index (κ2) is 9.75. The van der Waals surface area contributed by atoms with E-state index in [1.54, 1.807) is 34.6 Å². The molecule has 0 aromatic heterocycles. The fourth-order valence-electron chi connectivity index (χ4n) is 5.72. The predicted octanol–water partition coefficient (Wildman–Crippen LogP) is 2.62. The molecule has 2 bridgehead atoms. The summed E-state index contributed by atoms with van der Waals surface area (Å²) in [5, 5.41) is 9.15. The molecule has 3 fully saturated rings. The Morgan fingerprint density at radius 3 is 2.66 bits per heavy atom. The Morgan fingerprint density at radius 1 is 1.34 bits per heavy atom. The lowest BCUT2D eigenvalue weighted by atomic mass is 9.71. The maximum Gasteiger partial charge on any atom is 0.310 e. The third kappa shape index (κ3) is 4.20. The van der Waals surface area contributed by atoms with Gasteiger partial charge in [-0.2, -0.15) is 0 Å². The fourth-order valence-corrected chi connectivity index (χ4v) is 7.92. The van der Waals surface area contributed by atoms with Crippen molar-refractivity contribution in [2.45, 2.75) is 81.4 Å². The first-order chi connectivity index (χ1) is 15.1. The zero-order valence-corrected chi connectivity index (χ0v) is 20.7. The van der Waals surface area contributed by atoms with Crippen molar-refractivity contribution in [2.75, 3.05) is 26.3 Å². The van der Waals surface area contributed by atoms with Gasteiger partial charge in [0.2, 0.25) is 11.8 Å². The van der Waals surface area contributed by atoms with Crippen LogP contribution in [0.1, 0.15) is 59.8 Å². The molecule has 0 aliphatic carbocycles. The molecule has 180 valence electrons. The fraction of sp³-hybridized carbons (Fsp3) is 0.792. The largest absolute Gasteiger partial charge is 0.466 e. The maximum absolute atomic E-state index is 14.1. The Hall–Kier alpha value is -1.54. The summed E-state index contributed by atoms with van der Waals surface area (Å²) in [6, 6.07) is -0.595. The average Bonchev–Trinajstić information content (AvgIpc) is 3.36. The van der Waals surface area contributed by atoms with E-state index in [-0.39, 0.29) is 36.2 Å². The number of nitrogens with zero attached hydrogens (tertiary/aromatic N) is 2. The molecule has 5 atom stereocenters. The Bertz CT molecular complexity index is 751. The van der Waals surface area contributed by atoms with Gasteiger partial charge in [-0.25, -0.2) is 0 Å². The summed E-state index contributed by atoms with van der Waals surface area (Å²) in [4.78, 5) is 44.2. The highest BCUT2D eigenvalue weighted by atomic mass is 32.2. The molecule has 0 aromatic carbocycles. The van der Waals surface area contributed by atoms with Gasteiger partial charge in [-0.15, -0.1) is 18.3 Å². The number of rotatable bonds is 10. The van der Waals surface area contributed by atoms with E-state index in [1.807, 2.05) is 20.8 Å². The van der Waals surface area contributed by atoms with E-state index in [9.17, 15) is 14.4 Å². The summed E-state index contributed by atoms with van der Waals surface area (Å²) in [5.41, 5.74) is -0.423. The molecule has 0 radical (unpaired) electrons. The van der Waals surface area contributed by atoms with Crippen molar-refractivity contribution in [1.82, 2.24) is 9.80 Å². The normalized spacial score (nSPS) is 31.0. The van der Waals surface area contributed by atoms with E-state index in [1.165, 1.54) is 0 Å². The van der Waals surface area contributed by atoms with Gasteiger partial charge in [-0.3, -0.25) is 14.4 Å². The van der Waals surface area contributed by atoms with Crippen LogP contribution in [0.15, 0.2) is 12.7 Å². The van der Waals surface area contributed by atoms with E-state index >= 15 is 0 Å². The first kappa shape index (κ1) is 25.1. The number of unbranched alkanes of at least 4 members (excludes halogenated alkanes) is 2. The first-order valence-corrected chi connectivity index (χ1v) is 12.7. The van der Waals surface area contributed by atoms with Crippen LogP contribution < -0.4 is 0 Å². The van der Waals surface area contributed by atoms with Crippen LogP contribution in [0.4, 0.5) is 0 Å². The number of carbonyl (C=O) groups excluding carboxylic acids is 3. The van der Waals surface area contributed by atoms with Gasteiger partial charge in [0.25, 0.3) is 0 Å². The highest BCUT2D eigenvalue weighted by Crippen LogP contribution is 2.66. The number of aliphatic hydroxyl groups excluding tert-OH is 1. The minimum absolute atomic E-state index is 0.0253. The molecular weight excluding hydrogens is 428 g/mol. The summed E-state index contributed by atoms with van der Waals surface area (Å²) in [6.07, 6.45) is 5.46. The van der Waals surface area contributed by atoms with Gasteiger partial charge in [0.15, 0.2) is 0 Å². The molecule has 3 saturated heterocycles. The smallest absolute Gasteiger partial charge is 0.310 e. The van der Waals surface area contributed by atoms with Crippen molar-refractivity contribution in [1.29, 1.82) is 0 Å². The lowest BCUT2D eigenvalue weighted by Crippen LogP contribution is -2.58. The molecule has 0 aromatic rings. The monoisotopic (exact) mass is 466 g/mol. The topological polar surface area (TPSA) is 87.2 Å². The van der Waals surface area contributed by atoms with Gasteiger partial charge >= 0.3 is 5.97 Å². The van der Waals surface area contributed by atoms with Crippen molar-refractivity contribution in [3.63, 3.8) is 0 Å². The number of ether oxygens (including phenoxy) is 1. The molecule has 3 aliphatic heterocycles. The molecule has 0 saturated carbocycles. The second-order valence-electron chi connectivity index (χ2n) is 10.0. The van der Waals surface area contributed by atoms with Crippen molar-refractivity contribution >= 4 is 29.5 Å². The molecule has 3 aliphatic rings. The zero-order chi connectivity index (χ0) is 23.7. The summed E-state index contributed by atoms with van der Waals surface area (Å²) < 4.78 is 4.77. The summed E-state index contributed by atoms with van der Waals surface area (Å²) in [7, 11) is 0. The third-order valence-electron chi connectivity index (χ3n) is 7.04. The zero-order valence-electron chi connectivity index (χ0n) is 19.8. The van der Waals surface area contributed by atoms with Gasteiger partial charge < -0.3 is 19.6 Å². The van der Waals surface area contributed by atoms with Crippen LogP contribution in [0, 0.1) is 11.8 Å². The van der Waals surface area contributed by atoms with Crippen LogP contribution in [-0.4, -0.2) is 80.6 Å². The van der Waals surface area contributed by atoms with Crippen molar-refractivity contribution in [3.05, 3.63) is 12.7 Å². The van der Waals surface area contributed by atoms with Gasteiger partial charge in [0.1, 0.15) is 6.04 Å². The highest BCUT2D eigenvalue weighted by molar-refractivity contribution is 8.02. The third-order valence-corrected chi connectivity index (χ3v) is 8.99. The van der Waals surface area contributed by atoms with Gasteiger partial charge in [0.05, 0.1) is 23.2 Å². The lowest BCUT2D eigenvalue weighted by molar-refractivity contribution is -0.153. The van der Waals surface area contributed by atoms with Crippen LogP contribution >= 0.6 is 11.8 Å². The Kier molecular flexibility index (Phi) is 7.65. The number of aliphatic hydroxyl groups is 1. The Balaban J connectivity index is 1.99. The van der Waals surface area contributed by atoms with Crippen LogP contribution in [0.2, 0.25) is 0 Å². The molecule has 1 N–H and O–H groups in total. The molecule has 32 heavy (non-hydrogen) atoms. The number of hydrogen-bond acceptors (Lipinski definition) is 6. The lowest BCUT2D eigenvalue weighted by Gasteiger charge is -2.42. The molecule has 8 heteroatoms.